The third-order valence-electron chi connectivity index (χ3n) is 3.71. The molecule has 116 valence electrons. The second kappa shape index (κ2) is 6.11. The Bertz CT molecular complexity index is 924. The topological polar surface area (TPSA) is 42.2 Å². The van der Waals surface area contributed by atoms with Crippen molar-refractivity contribution in [1.82, 2.24) is 4.57 Å². The fourth-order valence-electron chi connectivity index (χ4n) is 2.73. The van der Waals surface area contributed by atoms with Gasteiger partial charge in [-0.05, 0) is 42.0 Å². The van der Waals surface area contributed by atoms with Gasteiger partial charge in [0.25, 0.3) is 0 Å². The van der Waals surface area contributed by atoms with Crippen LogP contribution in [0.5, 0.6) is 0 Å². The van der Waals surface area contributed by atoms with Crippen LogP contribution in [0.25, 0.3) is 28.2 Å². The number of halogens is 2. The number of nitrogens with zero attached hydrogens (tertiary/aromatic N) is 1. The lowest BCUT2D eigenvalue weighted by molar-refractivity contribution is -0.131. The highest BCUT2D eigenvalue weighted by molar-refractivity contribution is 6.31. The highest BCUT2D eigenvalue weighted by atomic mass is 35.5. The van der Waals surface area contributed by atoms with E-state index in [1.165, 1.54) is 0 Å². The molecule has 0 aliphatic heterocycles. The molecule has 0 bridgehead atoms. The first kappa shape index (κ1) is 15.7. The van der Waals surface area contributed by atoms with Crippen molar-refractivity contribution in [2.75, 3.05) is 0 Å². The molecule has 23 heavy (non-hydrogen) atoms. The van der Waals surface area contributed by atoms with Gasteiger partial charge in [0.05, 0.1) is 5.69 Å². The SMILES string of the molecule is Cn1c(-c2ccc(Cl)cc2)c(C=CC(=O)O)c2cc(Cl)ccc21. The molecular weight excluding hydrogens is 333 g/mol. The van der Waals surface area contributed by atoms with Crippen LogP contribution in [0, 0.1) is 0 Å². The quantitative estimate of drug-likeness (QED) is 0.658. The summed E-state index contributed by atoms with van der Waals surface area (Å²) in [4.78, 5) is 10.9. The smallest absolute Gasteiger partial charge is 0.328 e. The van der Waals surface area contributed by atoms with Crippen molar-refractivity contribution in [1.29, 1.82) is 0 Å². The van der Waals surface area contributed by atoms with Gasteiger partial charge in [0, 0.05) is 39.6 Å². The minimum atomic E-state index is -0.994. The molecule has 0 aliphatic rings. The molecule has 3 nitrogen and oxygen atoms in total. The first-order valence-electron chi connectivity index (χ1n) is 6.92. The molecule has 0 aliphatic carbocycles. The molecule has 3 rings (SSSR count). The molecule has 0 saturated heterocycles. The average Bonchev–Trinajstić information content (AvgIpc) is 2.78. The predicted octanol–water partition coefficient (Wildman–Crippen LogP) is 5.25. The van der Waals surface area contributed by atoms with Gasteiger partial charge in [-0.2, -0.15) is 0 Å². The summed E-state index contributed by atoms with van der Waals surface area (Å²) in [6.07, 6.45) is 2.74. The van der Waals surface area contributed by atoms with Gasteiger partial charge in [-0.15, -0.1) is 0 Å². The van der Waals surface area contributed by atoms with Gasteiger partial charge in [-0.1, -0.05) is 35.3 Å². The number of fused-ring (bicyclic) bond motifs is 1. The molecule has 0 radical (unpaired) electrons. The van der Waals surface area contributed by atoms with Gasteiger partial charge < -0.3 is 9.67 Å². The van der Waals surface area contributed by atoms with Gasteiger partial charge in [-0.3, -0.25) is 0 Å². The molecule has 0 spiro atoms. The number of aliphatic carboxylic acids is 1. The number of carboxylic acid groups (broad SMARTS) is 1. The van der Waals surface area contributed by atoms with E-state index >= 15 is 0 Å². The first-order chi connectivity index (χ1) is 11.0. The molecular formula is C18H13Cl2NO2. The Hall–Kier alpha value is -2.23. The highest BCUT2D eigenvalue weighted by Gasteiger charge is 2.15. The van der Waals surface area contributed by atoms with Crippen LogP contribution in [0.3, 0.4) is 0 Å². The highest BCUT2D eigenvalue weighted by Crippen LogP contribution is 2.35. The van der Waals surface area contributed by atoms with Crippen LogP contribution in [0.1, 0.15) is 5.56 Å². The van der Waals surface area contributed by atoms with Crippen molar-refractivity contribution in [3.05, 3.63) is 64.1 Å². The zero-order valence-electron chi connectivity index (χ0n) is 12.3. The van der Waals surface area contributed by atoms with Crippen molar-refractivity contribution in [3.63, 3.8) is 0 Å². The summed E-state index contributed by atoms with van der Waals surface area (Å²) in [7, 11) is 1.94. The summed E-state index contributed by atoms with van der Waals surface area (Å²) < 4.78 is 2.02. The van der Waals surface area contributed by atoms with Crippen LogP contribution >= 0.6 is 23.2 Å². The van der Waals surface area contributed by atoms with Crippen LogP contribution < -0.4 is 0 Å². The van der Waals surface area contributed by atoms with Crippen molar-refractivity contribution in [2.45, 2.75) is 0 Å². The van der Waals surface area contributed by atoms with Gasteiger partial charge in [0.1, 0.15) is 0 Å². The molecule has 1 aromatic heterocycles. The molecule has 3 aromatic rings. The Morgan fingerprint density at radius 2 is 1.74 bits per heavy atom. The van der Waals surface area contributed by atoms with E-state index in [-0.39, 0.29) is 0 Å². The van der Waals surface area contributed by atoms with E-state index in [0.29, 0.717) is 10.0 Å². The number of carboxylic acids is 1. The Labute approximate surface area is 143 Å². The van der Waals surface area contributed by atoms with E-state index < -0.39 is 5.97 Å². The zero-order chi connectivity index (χ0) is 16.6. The van der Waals surface area contributed by atoms with E-state index in [1.54, 1.807) is 6.08 Å². The Morgan fingerprint density at radius 3 is 2.39 bits per heavy atom. The molecule has 2 aromatic carbocycles. The summed E-state index contributed by atoms with van der Waals surface area (Å²) >= 11 is 12.1. The van der Waals surface area contributed by atoms with E-state index in [9.17, 15) is 4.79 Å². The largest absolute Gasteiger partial charge is 0.478 e. The van der Waals surface area contributed by atoms with Crippen LogP contribution in [-0.2, 0) is 11.8 Å². The molecule has 0 fully saturated rings. The number of benzene rings is 2. The molecule has 0 unspecified atom stereocenters. The summed E-state index contributed by atoms with van der Waals surface area (Å²) in [5.74, 6) is -0.994. The van der Waals surface area contributed by atoms with Crippen molar-refractivity contribution in [2.24, 2.45) is 7.05 Å². The third kappa shape index (κ3) is 2.98. The average molecular weight is 346 g/mol. The first-order valence-corrected chi connectivity index (χ1v) is 7.68. The van der Waals surface area contributed by atoms with Gasteiger partial charge in [-0.25, -0.2) is 4.79 Å². The van der Waals surface area contributed by atoms with Crippen molar-refractivity contribution in [3.8, 4) is 11.3 Å². The van der Waals surface area contributed by atoms with E-state index in [2.05, 4.69) is 0 Å². The second-order valence-corrected chi connectivity index (χ2v) is 6.03. The number of rotatable bonds is 3. The minimum absolute atomic E-state index is 0.607. The summed E-state index contributed by atoms with van der Waals surface area (Å²) in [6.45, 7) is 0. The molecule has 1 heterocycles. The normalized spacial score (nSPS) is 11.4. The lowest BCUT2D eigenvalue weighted by atomic mass is 10.0. The summed E-state index contributed by atoms with van der Waals surface area (Å²) in [5, 5.41) is 11.1. The van der Waals surface area contributed by atoms with Crippen LogP contribution in [-0.4, -0.2) is 15.6 Å². The molecule has 0 atom stereocenters. The fourth-order valence-corrected chi connectivity index (χ4v) is 3.02. The standard InChI is InChI=1S/C18H13Cl2NO2/c1-21-16-8-6-13(20)10-15(16)14(7-9-17(22)23)18(21)11-2-4-12(19)5-3-11/h2-10H,1H3,(H,22,23). The summed E-state index contributed by atoms with van der Waals surface area (Å²) in [5.41, 5.74) is 3.66. The van der Waals surface area contributed by atoms with E-state index in [4.69, 9.17) is 28.3 Å². The van der Waals surface area contributed by atoms with Gasteiger partial charge in [0.15, 0.2) is 0 Å². The molecule has 1 N–H and O–H groups in total. The minimum Gasteiger partial charge on any atom is -0.478 e. The number of aromatic nitrogens is 1. The Balaban J connectivity index is 2.34. The second-order valence-electron chi connectivity index (χ2n) is 5.16. The molecule has 0 saturated carbocycles. The summed E-state index contributed by atoms with van der Waals surface area (Å²) in [6, 6.07) is 13.0. The lowest BCUT2D eigenvalue weighted by Crippen LogP contribution is -1.92. The number of hydrogen-bond donors (Lipinski definition) is 1. The maximum atomic E-state index is 10.9. The third-order valence-corrected chi connectivity index (χ3v) is 4.20. The molecule has 0 amide bonds. The van der Waals surface area contributed by atoms with E-state index in [1.807, 2.05) is 54.1 Å². The van der Waals surface area contributed by atoms with Crippen molar-refractivity contribution < 1.29 is 9.90 Å². The monoisotopic (exact) mass is 345 g/mol. The number of aryl methyl sites for hydroxylation is 1. The Kier molecular flexibility index (Phi) is 4.16. The fraction of sp³-hybridized carbons (Fsp3) is 0.0556. The van der Waals surface area contributed by atoms with Gasteiger partial charge >= 0.3 is 5.97 Å². The van der Waals surface area contributed by atoms with Crippen molar-refractivity contribution >= 4 is 46.2 Å². The van der Waals surface area contributed by atoms with Crippen LogP contribution in [0.15, 0.2) is 48.5 Å². The maximum absolute atomic E-state index is 10.9. The van der Waals surface area contributed by atoms with Crippen LogP contribution in [0.4, 0.5) is 0 Å². The molecule has 5 heteroatoms. The zero-order valence-corrected chi connectivity index (χ0v) is 13.8. The van der Waals surface area contributed by atoms with E-state index in [0.717, 1.165) is 33.8 Å². The maximum Gasteiger partial charge on any atom is 0.328 e. The lowest BCUT2D eigenvalue weighted by Gasteiger charge is -2.06. The number of hydrogen-bond acceptors (Lipinski definition) is 1. The van der Waals surface area contributed by atoms with Gasteiger partial charge in [0.2, 0.25) is 0 Å². The number of carbonyl (C=O) groups is 1. The predicted molar refractivity (Wildman–Crippen MR) is 95.0 cm³/mol. The van der Waals surface area contributed by atoms with Crippen LogP contribution in [0.2, 0.25) is 10.0 Å². The Morgan fingerprint density at radius 1 is 1.09 bits per heavy atom.